The topological polar surface area (TPSA) is 91.0 Å². The maximum atomic E-state index is 15.1. The second kappa shape index (κ2) is 14.0. The van der Waals surface area contributed by atoms with Gasteiger partial charge in [0.2, 0.25) is 0 Å². The van der Waals surface area contributed by atoms with Crippen LogP contribution in [-0.4, -0.2) is 66.6 Å². The Morgan fingerprint density at radius 2 is 1.53 bits per heavy atom. The Hall–Kier alpha value is -4.60. The van der Waals surface area contributed by atoms with Crippen LogP contribution in [0.3, 0.4) is 0 Å². The molecule has 3 heterocycles. The third kappa shape index (κ3) is 8.61. The Bertz CT molecular complexity index is 1710. The maximum absolute atomic E-state index is 15.1. The molecule has 4 aromatic rings. The van der Waals surface area contributed by atoms with E-state index in [9.17, 15) is 18.0 Å². The van der Waals surface area contributed by atoms with Crippen LogP contribution in [0.15, 0.2) is 77.2 Å². The number of alkyl halides is 4. The fourth-order valence-electron chi connectivity index (χ4n) is 6.09. The fraction of sp³-hybridized carbons (Fsp3) is 0.371. The summed E-state index contributed by atoms with van der Waals surface area (Å²) >= 11 is 0. The highest BCUT2D eigenvalue weighted by molar-refractivity contribution is 5.96. The Balaban J connectivity index is 0.969. The third-order valence-electron chi connectivity index (χ3n) is 8.54. The molecule has 1 amide bonds. The summed E-state index contributed by atoms with van der Waals surface area (Å²) in [7, 11) is 0. The number of nitriles is 1. The van der Waals surface area contributed by atoms with Crippen molar-refractivity contribution >= 4 is 16.9 Å². The van der Waals surface area contributed by atoms with Gasteiger partial charge in [-0.05, 0) is 78.9 Å². The number of benzene rings is 3. The lowest BCUT2D eigenvalue weighted by atomic mass is 10.0. The number of fused-ring (bicyclic) bond motifs is 1. The van der Waals surface area contributed by atoms with Gasteiger partial charge < -0.3 is 19.2 Å². The van der Waals surface area contributed by atoms with Crippen molar-refractivity contribution in [2.45, 2.75) is 57.0 Å². The number of rotatable bonds is 9. The van der Waals surface area contributed by atoms with Crippen molar-refractivity contribution in [2.75, 3.05) is 26.2 Å². The number of amides is 1. The quantitative estimate of drug-likeness (QED) is 0.205. The molecule has 47 heavy (non-hydrogen) atoms. The first-order chi connectivity index (χ1) is 22.6. The van der Waals surface area contributed by atoms with Crippen molar-refractivity contribution in [3.05, 3.63) is 95.2 Å². The van der Waals surface area contributed by atoms with Crippen molar-refractivity contribution in [3.63, 3.8) is 0 Å². The molecule has 2 saturated heterocycles. The molecule has 2 atom stereocenters. The summed E-state index contributed by atoms with van der Waals surface area (Å²) in [5.74, 6) is 0.0915. The van der Waals surface area contributed by atoms with Crippen molar-refractivity contribution in [3.8, 4) is 17.6 Å². The molecule has 8 nitrogen and oxygen atoms in total. The van der Waals surface area contributed by atoms with Crippen LogP contribution in [0.4, 0.5) is 17.6 Å². The van der Waals surface area contributed by atoms with Crippen molar-refractivity contribution in [1.29, 1.82) is 5.26 Å². The lowest BCUT2D eigenvalue weighted by molar-refractivity contribution is -0.274. The lowest BCUT2D eigenvalue weighted by Crippen LogP contribution is -2.46. The van der Waals surface area contributed by atoms with Crippen LogP contribution < -0.4 is 14.8 Å². The minimum absolute atomic E-state index is 0.0296. The molecule has 0 unspecified atom stereocenters. The predicted octanol–water partition coefficient (Wildman–Crippen LogP) is 6.59. The maximum Gasteiger partial charge on any atom is 0.573 e. The number of hydrogen-bond acceptors (Lipinski definition) is 7. The largest absolute Gasteiger partial charge is 0.573 e. The summed E-state index contributed by atoms with van der Waals surface area (Å²) < 4.78 is 68.1. The number of likely N-dealkylation sites (tertiary alicyclic amines) is 2. The summed E-state index contributed by atoms with van der Waals surface area (Å²) in [4.78, 5) is 17.2. The van der Waals surface area contributed by atoms with Crippen LogP contribution in [0.25, 0.3) is 11.0 Å². The number of piperidine rings is 2. The van der Waals surface area contributed by atoms with Crippen LogP contribution in [0.5, 0.6) is 11.5 Å². The number of carbonyl (C=O) groups is 1. The number of ether oxygens (including phenoxy) is 2. The van der Waals surface area contributed by atoms with Crippen LogP contribution >= 0.6 is 0 Å². The Morgan fingerprint density at radius 3 is 2.19 bits per heavy atom. The van der Waals surface area contributed by atoms with Gasteiger partial charge >= 0.3 is 6.36 Å². The van der Waals surface area contributed by atoms with Gasteiger partial charge in [-0.15, -0.1) is 13.2 Å². The van der Waals surface area contributed by atoms with Gasteiger partial charge in [0.1, 0.15) is 29.4 Å². The first-order valence-corrected chi connectivity index (χ1v) is 15.5. The van der Waals surface area contributed by atoms with Gasteiger partial charge in [0.25, 0.3) is 5.91 Å². The number of carbonyl (C=O) groups excluding carboxylic acids is 1. The zero-order valence-corrected chi connectivity index (χ0v) is 25.5. The number of halogens is 4. The molecule has 3 aromatic carbocycles. The van der Waals surface area contributed by atoms with E-state index in [0.29, 0.717) is 41.8 Å². The van der Waals surface area contributed by atoms with Gasteiger partial charge in [-0.2, -0.15) is 5.26 Å². The molecule has 6 rings (SSSR count). The summed E-state index contributed by atoms with van der Waals surface area (Å²) in [6.45, 7) is 3.55. The molecule has 0 radical (unpaired) electrons. The molecule has 2 aliphatic rings. The van der Waals surface area contributed by atoms with E-state index in [1.54, 1.807) is 24.3 Å². The number of nitrogens with one attached hydrogen (secondary N) is 1. The van der Waals surface area contributed by atoms with E-state index in [2.05, 4.69) is 21.0 Å². The number of furan rings is 1. The second-order valence-electron chi connectivity index (χ2n) is 12.0. The smallest absolute Gasteiger partial charge is 0.487 e. The van der Waals surface area contributed by atoms with E-state index in [0.717, 1.165) is 43.6 Å². The molecule has 0 bridgehead atoms. The third-order valence-corrected chi connectivity index (χ3v) is 8.54. The molecular formula is C35H34F4N4O4. The molecule has 246 valence electrons. The normalized spacial score (nSPS) is 19.7. The Labute approximate surface area is 269 Å². The van der Waals surface area contributed by atoms with Gasteiger partial charge in [-0.1, -0.05) is 24.3 Å². The van der Waals surface area contributed by atoms with Crippen LogP contribution in [0.1, 0.15) is 46.5 Å². The average Bonchev–Trinajstić information content (AvgIpc) is 3.48. The number of nitrogens with zero attached hydrogens (tertiary/aromatic N) is 3. The van der Waals surface area contributed by atoms with E-state index in [1.165, 1.54) is 24.3 Å². The van der Waals surface area contributed by atoms with E-state index in [4.69, 9.17) is 14.4 Å². The Kier molecular flexibility index (Phi) is 9.66. The first-order valence-electron chi connectivity index (χ1n) is 15.5. The van der Waals surface area contributed by atoms with Crippen LogP contribution in [0.2, 0.25) is 0 Å². The average molecular weight is 651 g/mol. The van der Waals surface area contributed by atoms with Crippen molar-refractivity contribution in [2.24, 2.45) is 0 Å². The van der Waals surface area contributed by atoms with E-state index >= 15 is 4.39 Å². The second-order valence-corrected chi connectivity index (χ2v) is 12.0. The highest BCUT2D eigenvalue weighted by Crippen LogP contribution is 2.29. The van der Waals surface area contributed by atoms with Gasteiger partial charge in [0.15, 0.2) is 5.76 Å². The SMILES string of the molecule is N#Cc1ccc(CN2CCC(NC(=O)c3cc4cc(O[C@@H]5CCN(Cc6ccc(OC(F)(F)F)cc6)C[C@H]5F)ccc4o3)CC2)cc1. The molecule has 1 aromatic heterocycles. The van der Waals surface area contributed by atoms with Crippen LogP contribution in [0, 0.1) is 11.3 Å². The number of hydrogen-bond donors (Lipinski definition) is 1. The first kappa shape index (κ1) is 32.3. The standard InChI is InChI=1S/C35H34F4N4O4/c36-30-22-43(21-25-5-7-28(8-6-25)47-35(37,38)39)16-13-32(30)45-29-9-10-31-26(17-29)18-33(46-31)34(44)41-27-11-14-42(15-12-27)20-24-3-1-23(19-40)2-4-24/h1-10,17-18,27,30,32H,11-16,20-22H2,(H,41,44)/t30-,32-/m1/s1. The van der Waals surface area contributed by atoms with Gasteiger partial charge in [0, 0.05) is 50.7 Å². The molecule has 0 spiro atoms. The minimum Gasteiger partial charge on any atom is -0.487 e. The molecule has 1 N–H and O–H groups in total. The van der Waals surface area contributed by atoms with Gasteiger partial charge in [0.05, 0.1) is 11.6 Å². The highest BCUT2D eigenvalue weighted by Gasteiger charge is 2.32. The lowest BCUT2D eigenvalue weighted by Gasteiger charge is -2.34. The molecular weight excluding hydrogens is 616 g/mol. The summed E-state index contributed by atoms with van der Waals surface area (Å²) in [6.07, 6.45) is -4.63. The zero-order valence-electron chi connectivity index (χ0n) is 25.5. The molecule has 0 saturated carbocycles. The monoisotopic (exact) mass is 650 g/mol. The Morgan fingerprint density at radius 1 is 0.894 bits per heavy atom. The van der Waals surface area contributed by atoms with Crippen LogP contribution in [-0.2, 0) is 13.1 Å². The molecule has 0 aliphatic carbocycles. The van der Waals surface area contributed by atoms with Gasteiger partial charge in [-0.3, -0.25) is 14.6 Å². The van der Waals surface area contributed by atoms with E-state index < -0.39 is 18.6 Å². The molecule has 2 fully saturated rings. The zero-order chi connectivity index (χ0) is 33.0. The predicted molar refractivity (Wildman–Crippen MR) is 165 cm³/mol. The van der Waals surface area contributed by atoms with E-state index in [-0.39, 0.29) is 30.0 Å². The van der Waals surface area contributed by atoms with Crippen molar-refractivity contribution in [1.82, 2.24) is 15.1 Å². The summed E-state index contributed by atoms with van der Waals surface area (Å²) in [6, 6.07) is 22.1. The van der Waals surface area contributed by atoms with Gasteiger partial charge in [-0.25, -0.2) is 4.39 Å². The fourth-order valence-corrected chi connectivity index (χ4v) is 6.09. The van der Waals surface area contributed by atoms with E-state index in [1.807, 2.05) is 29.2 Å². The summed E-state index contributed by atoms with van der Waals surface area (Å²) in [5.41, 5.74) is 3.07. The summed E-state index contributed by atoms with van der Waals surface area (Å²) in [5, 5.41) is 12.7. The minimum atomic E-state index is -4.75. The highest BCUT2D eigenvalue weighted by atomic mass is 19.4. The molecule has 2 aliphatic heterocycles. The molecule has 12 heteroatoms. The van der Waals surface area contributed by atoms with Crippen molar-refractivity contribution < 1.29 is 36.2 Å².